The molecule has 2 heteroatoms. The second kappa shape index (κ2) is 5.44. The van der Waals surface area contributed by atoms with Crippen molar-refractivity contribution in [3.05, 3.63) is 59.7 Å². The Hall–Kier alpha value is -1.96. The zero-order valence-corrected chi connectivity index (χ0v) is 12.4. The molecule has 0 unspecified atom stereocenters. The topological polar surface area (TPSA) is 40.5 Å². The smallest absolute Gasteiger partial charge is 0.115 e. The molecule has 1 aliphatic carbocycles. The highest BCUT2D eigenvalue weighted by atomic mass is 16.3. The standard InChI is InChI=1S/C19H22O2/c1-19(16-4-8-18(21)9-5-16)12-10-15(11-13-19)14-2-6-17(20)7-3-14/h2-9,15,20-21H,10-13H2,1H3. The third-order valence-electron chi connectivity index (χ3n) is 5.02. The van der Waals surface area contributed by atoms with Crippen LogP contribution < -0.4 is 0 Å². The lowest BCUT2D eigenvalue weighted by molar-refractivity contribution is 0.291. The summed E-state index contributed by atoms with van der Waals surface area (Å²) in [5.41, 5.74) is 2.87. The third kappa shape index (κ3) is 2.90. The van der Waals surface area contributed by atoms with Crippen molar-refractivity contribution < 1.29 is 10.2 Å². The molecule has 0 radical (unpaired) electrons. The first-order chi connectivity index (χ1) is 10.1. The van der Waals surface area contributed by atoms with Crippen LogP contribution in [0.15, 0.2) is 48.5 Å². The maximum atomic E-state index is 9.43. The highest BCUT2D eigenvalue weighted by Gasteiger charge is 2.33. The van der Waals surface area contributed by atoms with Crippen LogP contribution in [0.4, 0.5) is 0 Å². The molecule has 2 aromatic rings. The molecule has 0 saturated heterocycles. The van der Waals surface area contributed by atoms with E-state index in [9.17, 15) is 10.2 Å². The Labute approximate surface area is 126 Å². The molecule has 0 bridgehead atoms. The molecular weight excluding hydrogens is 260 g/mol. The van der Waals surface area contributed by atoms with E-state index in [4.69, 9.17) is 0 Å². The van der Waals surface area contributed by atoms with Crippen LogP contribution in [0.25, 0.3) is 0 Å². The van der Waals surface area contributed by atoms with Crippen LogP contribution in [0.1, 0.15) is 49.7 Å². The molecule has 0 atom stereocenters. The van der Waals surface area contributed by atoms with Crippen molar-refractivity contribution in [2.45, 2.75) is 43.9 Å². The largest absolute Gasteiger partial charge is 0.508 e. The van der Waals surface area contributed by atoms with Gasteiger partial charge < -0.3 is 10.2 Å². The maximum absolute atomic E-state index is 9.43. The van der Waals surface area contributed by atoms with Crippen LogP contribution in [0.3, 0.4) is 0 Å². The van der Waals surface area contributed by atoms with E-state index in [1.807, 2.05) is 12.1 Å². The van der Waals surface area contributed by atoms with Crippen LogP contribution >= 0.6 is 0 Å². The first-order valence-electron chi connectivity index (χ1n) is 7.65. The van der Waals surface area contributed by atoms with E-state index in [1.165, 1.54) is 24.0 Å². The summed E-state index contributed by atoms with van der Waals surface area (Å²) in [7, 11) is 0. The normalized spacial score (nSPS) is 25.7. The lowest BCUT2D eigenvalue weighted by Gasteiger charge is -2.38. The molecule has 110 valence electrons. The average Bonchev–Trinajstić information content (AvgIpc) is 2.50. The van der Waals surface area contributed by atoms with Crippen LogP contribution in [-0.2, 0) is 5.41 Å². The monoisotopic (exact) mass is 282 g/mol. The zero-order chi connectivity index (χ0) is 14.9. The van der Waals surface area contributed by atoms with Crippen molar-refractivity contribution in [1.29, 1.82) is 0 Å². The second-order valence-corrected chi connectivity index (χ2v) is 6.47. The summed E-state index contributed by atoms with van der Waals surface area (Å²) in [6.45, 7) is 2.33. The number of hydrogen-bond acceptors (Lipinski definition) is 2. The Morgan fingerprint density at radius 3 is 1.81 bits per heavy atom. The Morgan fingerprint density at radius 1 is 0.810 bits per heavy atom. The minimum absolute atomic E-state index is 0.209. The summed E-state index contributed by atoms with van der Waals surface area (Å²) in [6, 6.07) is 15.3. The fourth-order valence-electron chi connectivity index (χ4n) is 3.49. The maximum Gasteiger partial charge on any atom is 0.115 e. The minimum atomic E-state index is 0.209. The van der Waals surface area contributed by atoms with Gasteiger partial charge in [0.15, 0.2) is 0 Å². The van der Waals surface area contributed by atoms with Gasteiger partial charge in [-0.1, -0.05) is 31.2 Å². The quantitative estimate of drug-likeness (QED) is 0.837. The fourth-order valence-corrected chi connectivity index (χ4v) is 3.49. The van der Waals surface area contributed by atoms with E-state index in [2.05, 4.69) is 19.1 Å². The lowest BCUT2D eigenvalue weighted by atomic mass is 9.67. The summed E-state index contributed by atoms with van der Waals surface area (Å²) in [4.78, 5) is 0. The molecule has 0 aromatic heterocycles. The van der Waals surface area contributed by atoms with Crippen LogP contribution in [0.5, 0.6) is 11.5 Å². The third-order valence-corrected chi connectivity index (χ3v) is 5.02. The van der Waals surface area contributed by atoms with Gasteiger partial charge in [-0.2, -0.15) is 0 Å². The SMILES string of the molecule is CC1(c2ccc(O)cc2)CCC(c2ccc(O)cc2)CC1. The molecule has 0 heterocycles. The lowest BCUT2D eigenvalue weighted by Crippen LogP contribution is -2.27. The van der Waals surface area contributed by atoms with Crippen LogP contribution in [0, 0.1) is 0 Å². The minimum Gasteiger partial charge on any atom is -0.508 e. The number of rotatable bonds is 2. The van der Waals surface area contributed by atoms with Gasteiger partial charge >= 0.3 is 0 Å². The van der Waals surface area contributed by atoms with Gasteiger partial charge in [0, 0.05) is 0 Å². The highest BCUT2D eigenvalue weighted by Crippen LogP contribution is 2.45. The molecule has 2 nitrogen and oxygen atoms in total. The van der Waals surface area contributed by atoms with Gasteiger partial charge in [-0.05, 0) is 72.4 Å². The first-order valence-corrected chi connectivity index (χ1v) is 7.65. The molecule has 1 aliphatic rings. The van der Waals surface area contributed by atoms with Crippen LogP contribution in [-0.4, -0.2) is 10.2 Å². The van der Waals surface area contributed by atoms with Crippen molar-refractivity contribution in [2.75, 3.05) is 0 Å². The summed E-state index contributed by atoms with van der Waals surface area (Å²) in [6.07, 6.45) is 4.65. The Balaban J connectivity index is 1.72. The van der Waals surface area contributed by atoms with Crippen molar-refractivity contribution >= 4 is 0 Å². The van der Waals surface area contributed by atoms with Crippen LogP contribution in [0.2, 0.25) is 0 Å². The van der Waals surface area contributed by atoms with Gasteiger partial charge in [0.1, 0.15) is 11.5 Å². The molecule has 21 heavy (non-hydrogen) atoms. The Bertz CT molecular complexity index is 590. The predicted octanol–water partition coefficient (Wildman–Crippen LogP) is 4.71. The summed E-state index contributed by atoms with van der Waals surface area (Å²) >= 11 is 0. The van der Waals surface area contributed by atoms with E-state index in [0.717, 1.165) is 12.8 Å². The second-order valence-electron chi connectivity index (χ2n) is 6.47. The predicted molar refractivity (Wildman–Crippen MR) is 84.8 cm³/mol. The zero-order valence-electron chi connectivity index (χ0n) is 12.4. The molecule has 2 aromatic carbocycles. The number of phenols is 2. The first kappa shape index (κ1) is 14.0. The molecule has 1 fully saturated rings. The van der Waals surface area contributed by atoms with Gasteiger partial charge in [0.2, 0.25) is 0 Å². The highest BCUT2D eigenvalue weighted by molar-refractivity contribution is 5.33. The molecule has 2 N–H and O–H groups in total. The Morgan fingerprint density at radius 2 is 1.29 bits per heavy atom. The van der Waals surface area contributed by atoms with Gasteiger partial charge in [-0.3, -0.25) is 0 Å². The number of phenolic OH excluding ortho intramolecular Hbond substituents is 2. The molecule has 0 aliphatic heterocycles. The summed E-state index contributed by atoms with van der Waals surface area (Å²) in [5, 5.41) is 18.8. The number of aromatic hydroxyl groups is 2. The van der Waals surface area contributed by atoms with Gasteiger partial charge in [0.05, 0.1) is 0 Å². The van der Waals surface area contributed by atoms with Gasteiger partial charge in [0.25, 0.3) is 0 Å². The van der Waals surface area contributed by atoms with E-state index in [1.54, 1.807) is 24.3 Å². The molecule has 0 spiro atoms. The van der Waals surface area contributed by atoms with E-state index in [0.29, 0.717) is 17.4 Å². The summed E-state index contributed by atoms with van der Waals surface area (Å²) in [5.74, 6) is 1.26. The van der Waals surface area contributed by atoms with Gasteiger partial charge in [-0.25, -0.2) is 0 Å². The number of benzene rings is 2. The van der Waals surface area contributed by atoms with Crippen molar-refractivity contribution in [1.82, 2.24) is 0 Å². The molecule has 0 amide bonds. The van der Waals surface area contributed by atoms with Crippen molar-refractivity contribution in [3.8, 4) is 11.5 Å². The molecular formula is C19H22O2. The van der Waals surface area contributed by atoms with E-state index < -0.39 is 0 Å². The number of hydrogen-bond donors (Lipinski definition) is 2. The fraction of sp³-hybridized carbons (Fsp3) is 0.368. The average molecular weight is 282 g/mol. The van der Waals surface area contributed by atoms with Crippen molar-refractivity contribution in [3.63, 3.8) is 0 Å². The summed E-state index contributed by atoms with van der Waals surface area (Å²) < 4.78 is 0. The molecule has 3 rings (SSSR count). The van der Waals surface area contributed by atoms with Gasteiger partial charge in [-0.15, -0.1) is 0 Å². The molecule has 1 saturated carbocycles. The van der Waals surface area contributed by atoms with Crippen molar-refractivity contribution in [2.24, 2.45) is 0 Å². The Kier molecular flexibility index (Phi) is 3.62. The van der Waals surface area contributed by atoms with E-state index in [-0.39, 0.29) is 5.41 Å². The van der Waals surface area contributed by atoms with E-state index >= 15 is 0 Å².